The van der Waals surface area contributed by atoms with Gasteiger partial charge >= 0.3 is 11.9 Å². The number of rotatable bonds is 6. The molecule has 0 fully saturated rings. The lowest BCUT2D eigenvalue weighted by Crippen LogP contribution is -2.18. The molecular formula is C18H18O5. The van der Waals surface area contributed by atoms with Crippen LogP contribution in [0.5, 0.6) is 11.5 Å². The third kappa shape index (κ3) is 5.47. The van der Waals surface area contributed by atoms with Crippen LogP contribution in [0.3, 0.4) is 0 Å². The molecule has 0 N–H and O–H groups in total. The van der Waals surface area contributed by atoms with Gasteiger partial charge in [-0.05, 0) is 44.2 Å². The third-order valence-corrected chi connectivity index (χ3v) is 2.74. The summed E-state index contributed by atoms with van der Waals surface area (Å²) < 4.78 is 15.6. The van der Waals surface area contributed by atoms with Crippen molar-refractivity contribution in [1.29, 1.82) is 0 Å². The van der Waals surface area contributed by atoms with E-state index in [1.54, 1.807) is 44.2 Å². The van der Waals surface area contributed by atoms with Gasteiger partial charge in [0, 0.05) is 0 Å². The summed E-state index contributed by atoms with van der Waals surface area (Å²) in [7, 11) is 0. The van der Waals surface area contributed by atoms with E-state index in [1.165, 1.54) is 6.07 Å². The molecule has 0 aliphatic rings. The molecule has 23 heavy (non-hydrogen) atoms. The first-order valence-corrected chi connectivity index (χ1v) is 7.24. The minimum absolute atomic E-state index is 0.215. The van der Waals surface area contributed by atoms with E-state index >= 15 is 0 Å². The molecule has 0 atom stereocenters. The fourth-order valence-electron chi connectivity index (χ4n) is 1.79. The van der Waals surface area contributed by atoms with Crippen molar-refractivity contribution >= 4 is 11.9 Å². The molecule has 5 heteroatoms. The second-order valence-electron chi connectivity index (χ2n) is 5.06. The number of benzene rings is 2. The van der Waals surface area contributed by atoms with Gasteiger partial charge in [0.2, 0.25) is 0 Å². The lowest BCUT2D eigenvalue weighted by atomic mass is 10.2. The van der Waals surface area contributed by atoms with Gasteiger partial charge in [0.15, 0.2) is 6.61 Å². The Balaban J connectivity index is 1.92. The number of hydrogen-bond donors (Lipinski definition) is 0. The molecule has 0 spiro atoms. The summed E-state index contributed by atoms with van der Waals surface area (Å²) in [4.78, 5) is 23.6. The Labute approximate surface area is 134 Å². The SMILES string of the molecule is CC(C)OC(=O)c1cccc(OC(=O)COc2ccccc2)c1. The molecule has 0 unspecified atom stereocenters. The monoisotopic (exact) mass is 314 g/mol. The molecule has 0 aliphatic carbocycles. The minimum Gasteiger partial charge on any atom is -0.482 e. The first kappa shape index (κ1) is 16.5. The maximum Gasteiger partial charge on any atom is 0.349 e. The van der Waals surface area contributed by atoms with Gasteiger partial charge in [-0.15, -0.1) is 0 Å². The van der Waals surface area contributed by atoms with E-state index < -0.39 is 11.9 Å². The number of carbonyl (C=O) groups excluding carboxylic acids is 2. The largest absolute Gasteiger partial charge is 0.482 e. The lowest BCUT2D eigenvalue weighted by Gasteiger charge is -2.09. The van der Waals surface area contributed by atoms with Crippen molar-refractivity contribution in [3.63, 3.8) is 0 Å². The van der Waals surface area contributed by atoms with Crippen LogP contribution in [0.25, 0.3) is 0 Å². The Bertz CT molecular complexity index is 664. The van der Waals surface area contributed by atoms with Gasteiger partial charge < -0.3 is 14.2 Å². The van der Waals surface area contributed by atoms with Gasteiger partial charge in [-0.2, -0.15) is 0 Å². The fourth-order valence-corrected chi connectivity index (χ4v) is 1.79. The van der Waals surface area contributed by atoms with Crippen LogP contribution >= 0.6 is 0 Å². The number of para-hydroxylation sites is 1. The van der Waals surface area contributed by atoms with Gasteiger partial charge in [0.05, 0.1) is 11.7 Å². The van der Waals surface area contributed by atoms with E-state index in [0.717, 1.165) is 0 Å². The molecule has 0 bridgehead atoms. The van der Waals surface area contributed by atoms with E-state index in [9.17, 15) is 9.59 Å². The van der Waals surface area contributed by atoms with Crippen LogP contribution in [0, 0.1) is 0 Å². The molecule has 0 saturated carbocycles. The third-order valence-electron chi connectivity index (χ3n) is 2.74. The van der Waals surface area contributed by atoms with Crippen molar-refractivity contribution in [1.82, 2.24) is 0 Å². The number of ether oxygens (including phenoxy) is 3. The van der Waals surface area contributed by atoms with Crippen molar-refractivity contribution in [3.8, 4) is 11.5 Å². The Morgan fingerprint density at radius 1 is 0.957 bits per heavy atom. The van der Waals surface area contributed by atoms with E-state index in [-0.39, 0.29) is 18.5 Å². The smallest absolute Gasteiger partial charge is 0.349 e. The molecule has 2 rings (SSSR count). The molecule has 0 radical (unpaired) electrons. The van der Waals surface area contributed by atoms with Gasteiger partial charge in [-0.1, -0.05) is 24.3 Å². The Kier molecular flexibility index (Phi) is 5.74. The van der Waals surface area contributed by atoms with Gasteiger partial charge in [-0.3, -0.25) is 0 Å². The highest BCUT2D eigenvalue weighted by atomic mass is 16.6. The first-order valence-electron chi connectivity index (χ1n) is 7.24. The average Bonchev–Trinajstić information content (AvgIpc) is 2.53. The quantitative estimate of drug-likeness (QED) is 0.605. The highest BCUT2D eigenvalue weighted by Gasteiger charge is 2.12. The zero-order valence-electron chi connectivity index (χ0n) is 13.0. The van der Waals surface area contributed by atoms with Crippen molar-refractivity contribution in [2.75, 3.05) is 6.61 Å². The zero-order valence-corrected chi connectivity index (χ0v) is 13.0. The molecule has 120 valence electrons. The second kappa shape index (κ2) is 7.98. The standard InChI is InChI=1S/C18H18O5/c1-13(2)22-18(20)14-7-6-10-16(11-14)23-17(19)12-21-15-8-4-3-5-9-15/h3-11,13H,12H2,1-2H3. The summed E-state index contributed by atoms with van der Waals surface area (Å²) in [6.07, 6.45) is -0.215. The summed E-state index contributed by atoms with van der Waals surface area (Å²) >= 11 is 0. The van der Waals surface area contributed by atoms with Crippen LogP contribution < -0.4 is 9.47 Å². The minimum atomic E-state index is -0.553. The maximum atomic E-state index is 11.8. The highest BCUT2D eigenvalue weighted by molar-refractivity contribution is 5.90. The molecule has 0 saturated heterocycles. The van der Waals surface area contributed by atoms with Gasteiger partial charge in [0.1, 0.15) is 11.5 Å². The Morgan fingerprint density at radius 3 is 2.35 bits per heavy atom. The molecule has 2 aromatic rings. The van der Waals surface area contributed by atoms with E-state index in [2.05, 4.69) is 0 Å². The number of esters is 2. The molecule has 0 amide bonds. The van der Waals surface area contributed by atoms with Crippen molar-refractivity contribution in [2.45, 2.75) is 20.0 Å². The number of carbonyl (C=O) groups is 2. The van der Waals surface area contributed by atoms with E-state index in [1.807, 2.05) is 18.2 Å². The first-order chi connectivity index (χ1) is 11.0. The topological polar surface area (TPSA) is 61.8 Å². The van der Waals surface area contributed by atoms with Gasteiger partial charge in [0.25, 0.3) is 0 Å². The Hall–Kier alpha value is -2.82. The molecule has 0 heterocycles. The second-order valence-corrected chi connectivity index (χ2v) is 5.06. The molecule has 0 aliphatic heterocycles. The van der Waals surface area contributed by atoms with E-state index in [0.29, 0.717) is 11.3 Å². The summed E-state index contributed by atoms with van der Waals surface area (Å²) in [5.74, 6) is -0.162. The van der Waals surface area contributed by atoms with Crippen molar-refractivity contribution in [3.05, 3.63) is 60.2 Å². The van der Waals surface area contributed by atoms with Gasteiger partial charge in [-0.25, -0.2) is 9.59 Å². The van der Waals surface area contributed by atoms with Crippen molar-refractivity contribution in [2.24, 2.45) is 0 Å². The fraction of sp³-hybridized carbons (Fsp3) is 0.222. The highest BCUT2D eigenvalue weighted by Crippen LogP contribution is 2.15. The van der Waals surface area contributed by atoms with Crippen LogP contribution in [0.4, 0.5) is 0 Å². The summed E-state index contributed by atoms with van der Waals surface area (Å²) in [5.41, 5.74) is 0.327. The molecule has 2 aromatic carbocycles. The summed E-state index contributed by atoms with van der Waals surface area (Å²) in [6, 6.07) is 15.2. The average molecular weight is 314 g/mol. The van der Waals surface area contributed by atoms with Crippen LogP contribution in [0.15, 0.2) is 54.6 Å². The predicted octanol–water partition coefficient (Wildman–Crippen LogP) is 3.24. The predicted molar refractivity (Wildman–Crippen MR) is 84.6 cm³/mol. The van der Waals surface area contributed by atoms with Crippen LogP contribution in [0.2, 0.25) is 0 Å². The van der Waals surface area contributed by atoms with Crippen LogP contribution in [-0.4, -0.2) is 24.6 Å². The summed E-state index contributed by atoms with van der Waals surface area (Å²) in [6.45, 7) is 3.32. The Morgan fingerprint density at radius 2 is 1.65 bits per heavy atom. The summed E-state index contributed by atoms with van der Waals surface area (Å²) in [5, 5.41) is 0. The van der Waals surface area contributed by atoms with Crippen LogP contribution in [-0.2, 0) is 9.53 Å². The van der Waals surface area contributed by atoms with E-state index in [4.69, 9.17) is 14.2 Å². The zero-order chi connectivity index (χ0) is 16.7. The van der Waals surface area contributed by atoms with Crippen molar-refractivity contribution < 1.29 is 23.8 Å². The molecular weight excluding hydrogens is 296 g/mol. The maximum absolute atomic E-state index is 11.8. The van der Waals surface area contributed by atoms with Crippen LogP contribution in [0.1, 0.15) is 24.2 Å². The number of hydrogen-bond acceptors (Lipinski definition) is 5. The molecule has 0 aromatic heterocycles. The molecule has 5 nitrogen and oxygen atoms in total. The lowest BCUT2D eigenvalue weighted by molar-refractivity contribution is -0.136. The normalized spacial score (nSPS) is 10.2.